The molecule has 2 fully saturated rings. The summed E-state index contributed by atoms with van der Waals surface area (Å²) in [6.07, 6.45) is 8.92. The van der Waals surface area contributed by atoms with Crippen molar-refractivity contribution in [3.63, 3.8) is 0 Å². The van der Waals surface area contributed by atoms with Gasteiger partial charge in [0.25, 0.3) is 5.56 Å². The van der Waals surface area contributed by atoms with E-state index in [1.165, 1.54) is 12.5 Å². The van der Waals surface area contributed by atoms with E-state index in [9.17, 15) is 14.4 Å². The van der Waals surface area contributed by atoms with E-state index in [0.717, 1.165) is 56.0 Å². The first-order valence-corrected chi connectivity index (χ1v) is 12.1. The van der Waals surface area contributed by atoms with Crippen LogP contribution >= 0.6 is 0 Å². The van der Waals surface area contributed by atoms with Crippen LogP contribution in [0.25, 0.3) is 10.9 Å². The summed E-state index contributed by atoms with van der Waals surface area (Å²) in [6.45, 7) is 1.87. The summed E-state index contributed by atoms with van der Waals surface area (Å²) in [5.74, 6) is -1.74. The Balaban J connectivity index is 1.77. The summed E-state index contributed by atoms with van der Waals surface area (Å²) >= 11 is 0. The zero-order valence-corrected chi connectivity index (χ0v) is 19.1. The number of nitrogens with zero attached hydrogens (tertiary/aromatic N) is 2. The van der Waals surface area contributed by atoms with Gasteiger partial charge >= 0.3 is 11.7 Å². The maximum absolute atomic E-state index is 15.1. The molecule has 1 unspecified atom stereocenters. The van der Waals surface area contributed by atoms with Gasteiger partial charge in [0.15, 0.2) is 0 Å². The third-order valence-electron chi connectivity index (χ3n) is 6.95. The fraction of sp³-hybridized carbons (Fsp3) is 0.625. The molecule has 0 radical (unpaired) electrons. The van der Waals surface area contributed by atoms with Crippen molar-refractivity contribution in [2.24, 2.45) is 5.92 Å². The fourth-order valence-electron chi connectivity index (χ4n) is 5.20. The van der Waals surface area contributed by atoms with Gasteiger partial charge in [-0.05, 0) is 43.7 Å². The van der Waals surface area contributed by atoms with Gasteiger partial charge in [-0.25, -0.2) is 9.18 Å². The van der Waals surface area contributed by atoms with Gasteiger partial charge < -0.3 is 15.8 Å². The molecule has 2 aliphatic carbocycles. The lowest BCUT2D eigenvalue weighted by molar-refractivity contribution is -0.137. The lowest BCUT2D eigenvalue weighted by atomic mass is 9.95. The van der Waals surface area contributed by atoms with E-state index in [1.807, 2.05) is 0 Å². The SMILES string of the molecule is CC(CNn1c(=O)c2cc(F)c(NC3CCCCC3)cc2n(C2CCCC2)c1=O)CC(=O)O. The fourth-order valence-corrected chi connectivity index (χ4v) is 5.20. The topological polar surface area (TPSA) is 105 Å². The minimum Gasteiger partial charge on any atom is -0.481 e. The molecule has 1 atom stereocenters. The monoisotopic (exact) mass is 460 g/mol. The number of rotatable bonds is 8. The molecule has 2 aliphatic rings. The summed E-state index contributed by atoms with van der Waals surface area (Å²) in [7, 11) is 0. The lowest BCUT2D eigenvalue weighted by Crippen LogP contribution is -2.46. The summed E-state index contributed by atoms with van der Waals surface area (Å²) in [5, 5.41) is 12.4. The summed E-state index contributed by atoms with van der Waals surface area (Å²) in [5.41, 5.74) is 2.49. The number of hydrogen-bond acceptors (Lipinski definition) is 5. The number of carboxylic acids is 1. The number of benzene rings is 1. The van der Waals surface area contributed by atoms with Crippen molar-refractivity contribution < 1.29 is 14.3 Å². The summed E-state index contributed by atoms with van der Waals surface area (Å²) in [4.78, 5) is 37.6. The van der Waals surface area contributed by atoms with Gasteiger partial charge in [-0.3, -0.25) is 14.2 Å². The van der Waals surface area contributed by atoms with Crippen LogP contribution in [0.2, 0.25) is 0 Å². The molecule has 2 aromatic rings. The van der Waals surface area contributed by atoms with Gasteiger partial charge in [-0.2, -0.15) is 4.68 Å². The van der Waals surface area contributed by atoms with Crippen molar-refractivity contribution in [1.29, 1.82) is 0 Å². The van der Waals surface area contributed by atoms with Crippen LogP contribution < -0.4 is 22.0 Å². The Labute approximate surface area is 191 Å². The molecule has 0 aliphatic heterocycles. The van der Waals surface area contributed by atoms with E-state index in [-0.39, 0.29) is 36.4 Å². The van der Waals surface area contributed by atoms with Crippen molar-refractivity contribution in [3.05, 3.63) is 38.8 Å². The average molecular weight is 461 g/mol. The zero-order valence-electron chi connectivity index (χ0n) is 19.1. The molecule has 0 spiro atoms. The predicted molar refractivity (Wildman–Crippen MR) is 126 cm³/mol. The second kappa shape index (κ2) is 9.97. The van der Waals surface area contributed by atoms with Crippen LogP contribution in [0.4, 0.5) is 10.1 Å². The molecule has 4 rings (SSSR count). The molecular formula is C24H33FN4O4. The number of aromatic nitrogens is 2. The average Bonchev–Trinajstić information content (AvgIpc) is 3.30. The number of hydrogen-bond donors (Lipinski definition) is 3. The van der Waals surface area contributed by atoms with Gasteiger partial charge in [0.05, 0.1) is 16.6 Å². The normalized spacial score (nSPS) is 18.5. The van der Waals surface area contributed by atoms with Crippen molar-refractivity contribution in [3.8, 4) is 0 Å². The van der Waals surface area contributed by atoms with Crippen molar-refractivity contribution in [2.45, 2.75) is 83.2 Å². The van der Waals surface area contributed by atoms with Crippen molar-refractivity contribution in [2.75, 3.05) is 17.3 Å². The van der Waals surface area contributed by atoms with E-state index < -0.39 is 23.0 Å². The van der Waals surface area contributed by atoms with E-state index in [0.29, 0.717) is 11.2 Å². The maximum atomic E-state index is 15.1. The summed E-state index contributed by atoms with van der Waals surface area (Å²) in [6, 6.07) is 2.98. The standard InChI is InChI=1S/C24H33FN4O4/c1-15(11-22(30)31)14-26-29-23(32)18-12-19(25)20(27-16-7-3-2-4-8-16)13-21(18)28(24(29)33)17-9-5-6-10-17/h12-13,15-17,26-27H,2-11,14H2,1H3,(H,30,31). The smallest absolute Gasteiger partial charge is 0.350 e. The van der Waals surface area contributed by atoms with Gasteiger partial charge in [0, 0.05) is 25.0 Å². The van der Waals surface area contributed by atoms with E-state index >= 15 is 4.39 Å². The molecule has 2 saturated carbocycles. The van der Waals surface area contributed by atoms with Gasteiger partial charge in [-0.1, -0.05) is 39.0 Å². The van der Waals surface area contributed by atoms with E-state index in [1.54, 1.807) is 17.6 Å². The molecule has 180 valence electrons. The Bertz CT molecular complexity index is 1130. The molecule has 0 bridgehead atoms. The first-order valence-electron chi connectivity index (χ1n) is 12.1. The second-order valence-corrected chi connectivity index (χ2v) is 9.63. The molecule has 33 heavy (non-hydrogen) atoms. The number of nitrogens with one attached hydrogen (secondary N) is 2. The van der Waals surface area contributed by atoms with Crippen LogP contribution in [0.1, 0.15) is 77.2 Å². The van der Waals surface area contributed by atoms with Crippen LogP contribution in [0, 0.1) is 11.7 Å². The molecule has 1 aromatic carbocycles. The molecule has 1 aromatic heterocycles. The molecular weight excluding hydrogens is 427 g/mol. The van der Waals surface area contributed by atoms with Crippen molar-refractivity contribution in [1.82, 2.24) is 9.24 Å². The van der Waals surface area contributed by atoms with Crippen LogP contribution in [0.5, 0.6) is 0 Å². The number of carbonyl (C=O) groups is 1. The first-order chi connectivity index (χ1) is 15.8. The van der Waals surface area contributed by atoms with E-state index in [2.05, 4.69) is 10.7 Å². The molecule has 0 saturated heterocycles. The minimum atomic E-state index is -0.946. The minimum absolute atomic E-state index is 0.0573. The number of halogens is 1. The van der Waals surface area contributed by atoms with E-state index in [4.69, 9.17) is 5.11 Å². The Hall–Kier alpha value is -2.84. The molecule has 3 N–H and O–H groups in total. The first kappa shape index (κ1) is 23.3. The quantitative estimate of drug-likeness (QED) is 0.553. The highest BCUT2D eigenvalue weighted by Crippen LogP contribution is 2.32. The zero-order chi connectivity index (χ0) is 23.5. The van der Waals surface area contributed by atoms with Gasteiger partial charge in [-0.15, -0.1) is 0 Å². The molecule has 8 nitrogen and oxygen atoms in total. The Morgan fingerprint density at radius 1 is 1.12 bits per heavy atom. The van der Waals surface area contributed by atoms with Gasteiger partial charge in [0.1, 0.15) is 5.82 Å². The maximum Gasteiger partial charge on any atom is 0.350 e. The highest BCUT2D eigenvalue weighted by atomic mass is 19.1. The number of aliphatic carboxylic acids is 1. The van der Waals surface area contributed by atoms with Crippen LogP contribution in [0.15, 0.2) is 21.7 Å². The predicted octanol–water partition coefficient (Wildman–Crippen LogP) is 3.82. The van der Waals surface area contributed by atoms with Gasteiger partial charge in [0.2, 0.25) is 0 Å². The lowest BCUT2D eigenvalue weighted by Gasteiger charge is -2.25. The molecule has 1 heterocycles. The second-order valence-electron chi connectivity index (χ2n) is 9.63. The number of carboxylic acid groups (broad SMARTS) is 1. The third-order valence-corrected chi connectivity index (χ3v) is 6.95. The third kappa shape index (κ3) is 5.07. The Morgan fingerprint density at radius 3 is 2.45 bits per heavy atom. The highest BCUT2D eigenvalue weighted by molar-refractivity contribution is 5.82. The summed E-state index contributed by atoms with van der Waals surface area (Å²) < 4.78 is 17.6. The molecule has 0 amide bonds. The Kier molecular flexibility index (Phi) is 7.05. The van der Waals surface area contributed by atoms with Crippen LogP contribution in [0.3, 0.4) is 0 Å². The Morgan fingerprint density at radius 2 is 1.79 bits per heavy atom. The van der Waals surface area contributed by atoms with Crippen molar-refractivity contribution >= 4 is 22.6 Å². The highest BCUT2D eigenvalue weighted by Gasteiger charge is 2.25. The largest absolute Gasteiger partial charge is 0.481 e. The number of anilines is 1. The molecule has 9 heteroatoms. The number of fused-ring (bicyclic) bond motifs is 1. The van der Waals surface area contributed by atoms with Crippen LogP contribution in [-0.4, -0.2) is 32.9 Å². The van der Waals surface area contributed by atoms with Crippen LogP contribution in [-0.2, 0) is 4.79 Å².